The molecule has 1 aromatic heterocycles. The molecule has 2 amide bonds. The van der Waals surface area contributed by atoms with E-state index < -0.39 is 12.1 Å². The van der Waals surface area contributed by atoms with E-state index in [1.807, 2.05) is 32.0 Å². The smallest absolute Gasteiger partial charge is 0.259 e. The summed E-state index contributed by atoms with van der Waals surface area (Å²) in [6.45, 7) is 4.55. The first-order chi connectivity index (χ1) is 14.3. The number of carbonyl (C=O) groups is 2. The van der Waals surface area contributed by atoms with Gasteiger partial charge < -0.3 is 15.2 Å². The minimum atomic E-state index is -0.786. The summed E-state index contributed by atoms with van der Waals surface area (Å²) >= 11 is 3.39. The van der Waals surface area contributed by atoms with Crippen LogP contribution in [0.15, 0.2) is 39.7 Å². The van der Waals surface area contributed by atoms with Crippen molar-refractivity contribution in [2.45, 2.75) is 45.2 Å². The molecule has 3 rings (SSSR count). The number of halogens is 1. The van der Waals surface area contributed by atoms with Gasteiger partial charge in [-0.25, -0.2) is 0 Å². The van der Waals surface area contributed by atoms with E-state index in [1.54, 1.807) is 12.3 Å². The average Bonchev–Trinajstić information content (AvgIpc) is 3.11. The maximum atomic E-state index is 13.1. The van der Waals surface area contributed by atoms with Gasteiger partial charge in [-0.1, -0.05) is 35.8 Å². The second-order valence-corrected chi connectivity index (χ2v) is 9.02. The summed E-state index contributed by atoms with van der Waals surface area (Å²) in [5, 5.41) is 16.3. The van der Waals surface area contributed by atoms with Gasteiger partial charge in [0.15, 0.2) is 0 Å². The molecule has 158 valence electrons. The predicted octanol–water partition coefficient (Wildman–Crippen LogP) is 2.89. The van der Waals surface area contributed by atoms with Crippen molar-refractivity contribution in [3.05, 3.63) is 45.3 Å². The summed E-state index contributed by atoms with van der Waals surface area (Å²) in [4.78, 5) is 38.1. The normalized spacial score (nSPS) is 18.1. The number of nitrogens with zero attached hydrogens (tertiary/aromatic N) is 2. The number of nitrogens with one attached hydrogen (secondary N) is 2. The molecule has 8 heteroatoms. The van der Waals surface area contributed by atoms with E-state index in [-0.39, 0.29) is 35.6 Å². The molecule has 0 bridgehead atoms. The molecule has 2 aromatic rings. The molecule has 1 aliphatic heterocycles. The largest absolute Gasteiger partial charge is 0.356 e. The first-order valence-corrected chi connectivity index (χ1v) is 10.9. The number of hydrogen-bond acceptors (Lipinski definition) is 4. The minimum absolute atomic E-state index is 0.0837. The minimum Gasteiger partial charge on any atom is -0.356 e. The standard InChI is InChI=1S/C22H25BrN4O3/c1-13(2)9-19(21(29)26-17(12-24)10-15-5-7-25-20(15)28)27-8-6-14-3-4-16(23)11-18(14)22(27)30/h3-4,6,8,11,13,15,17,19H,5,7,9-10H2,1-2H3,(H,25,28)(H,26,29)/t15-,17-,19-/m0/s1. The van der Waals surface area contributed by atoms with Crippen LogP contribution in [-0.2, 0) is 9.59 Å². The fraction of sp³-hybridized carbons (Fsp3) is 0.455. The van der Waals surface area contributed by atoms with E-state index in [9.17, 15) is 19.6 Å². The van der Waals surface area contributed by atoms with E-state index in [1.165, 1.54) is 4.57 Å². The molecule has 30 heavy (non-hydrogen) atoms. The molecule has 0 radical (unpaired) electrons. The highest BCUT2D eigenvalue weighted by Gasteiger charge is 2.30. The molecule has 1 aromatic carbocycles. The number of rotatable bonds is 7. The molecule has 2 heterocycles. The monoisotopic (exact) mass is 472 g/mol. The van der Waals surface area contributed by atoms with Gasteiger partial charge in [-0.3, -0.25) is 14.4 Å². The third-order valence-corrected chi connectivity index (χ3v) is 5.88. The zero-order valence-electron chi connectivity index (χ0n) is 17.0. The summed E-state index contributed by atoms with van der Waals surface area (Å²) in [5.74, 6) is -0.587. The van der Waals surface area contributed by atoms with Crippen LogP contribution >= 0.6 is 15.9 Å². The van der Waals surface area contributed by atoms with Gasteiger partial charge in [0, 0.05) is 28.5 Å². The molecule has 0 aliphatic carbocycles. The Balaban J connectivity index is 1.88. The van der Waals surface area contributed by atoms with Crippen LogP contribution in [0.1, 0.15) is 39.2 Å². The summed E-state index contributed by atoms with van der Waals surface area (Å²) in [6, 6.07) is 7.83. The molecule has 3 atom stereocenters. The summed E-state index contributed by atoms with van der Waals surface area (Å²) in [6.07, 6.45) is 3.01. The van der Waals surface area contributed by atoms with Gasteiger partial charge in [-0.15, -0.1) is 0 Å². The Kier molecular flexibility index (Phi) is 6.93. The Bertz CT molecular complexity index is 1060. The van der Waals surface area contributed by atoms with Crippen LogP contribution in [0, 0.1) is 23.2 Å². The van der Waals surface area contributed by atoms with Crippen molar-refractivity contribution >= 4 is 38.5 Å². The number of carbonyl (C=O) groups excluding carboxylic acids is 2. The number of pyridine rings is 1. The average molecular weight is 473 g/mol. The molecule has 1 saturated heterocycles. The van der Waals surface area contributed by atoms with E-state index in [4.69, 9.17) is 0 Å². The number of aromatic nitrogens is 1. The first-order valence-electron chi connectivity index (χ1n) is 10.1. The van der Waals surface area contributed by atoms with E-state index in [0.29, 0.717) is 24.8 Å². The lowest BCUT2D eigenvalue weighted by Gasteiger charge is -2.23. The van der Waals surface area contributed by atoms with Crippen LogP contribution in [0.2, 0.25) is 0 Å². The number of amides is 2. The highest BCUT2D eigenvalue weighted by atomic mass is 79.9. The zero-order chi connectivity index (χ0) is 21.8. The van der Waals surface area contributed by atoms with Crippen molar-refractivity contribution in [3.63, 3.8) is 0 Å². The van der Waals surface area contributed by atoms with E-state index in [2.05, 4.69) is 32.6 Å². The van der Waals surface area contributed by atoms with Gasteiger partial charge in [0.2, 0.25) is 11.8 Å². The van der Waals surface area contributed by atoms with Crippen LogP contribution in [0.4, 0.5) is 0 Å². The van der Waals surface area contributed by atoms with Crippen LogP contribution in [0.3, 0.4) is 0 Å². The first kappa shape index (κ1) is 22.0. The lowest BCUT2D eigenvalue weighted by atomic mass is 9.98. The zero-order valence-corrected chi connectivity index (χ0v) is 18.6. The van der Waals surface area contributed by atoms with Gasteiger partial charge >= 0.3 is 0 Å². The quantitative estimate of drug-likeness (QED) is 0.646. The molecular formula is C22H25BrN4O3. The van der Waals surface area contributed by atoms with Crippen LogP contribution < -0.4 is 16.2 Å². The van der Waals surface area contributed by atoms with Crippen LogP contribution in [0.25, 0.3) is 10.8 Å². The predicted molar refractivity (Wildman–Crippen MR) is 118 cm³/mol. The van der Waals surface area contributed by atoms with Crippen molar-refractivity contribution in [3.8, 4) is 6.07 Å². The Labute approximate surface area is 183 Å². The lowest BCUT2D eigenvalue weighted by molar-refractivity contribution is -0.126. The second-order valence-electron chi connectivity index (χ2n) is 8.11. The molecule has 7 nitrogen and oxygen atoms in total. The molecule has 1 fully saturated rings. The number of benzene rings is 1. The third-order valence-electron chi connectivity index (χ3n) is 5.38. The van der Waals surface area contributed by atoms with Crippen molar-refractivity contribution in [2.24, 2.45) is 11.8 Å². The third kappa shape index (κ3) is 4.90. The van der Waals surface area contributed by atoms with Gasteiger partial charge in [-0.05, 0) is 48.8 Å². The van der Waals surface area contributed by atoms with Crippen molar-refractivity contribution in [1.82, 2.24) is 15.2 Å². The van der Waals surface area contributed by atoms with Crippen molar-refractivity contribution in [1.29, 1.82) is 5.26 Å². The van der Waals surface area contributed by atoms with Gasteiger partial charge in [0.1, 0.15) is 12.1 Å². The maximum absolute atomic E-state index is 13.1. The Morgan fingerprint density at radius 3 is 2.77 bits per heavy atom. The fourth-order valence-electron chi connectivity index (χ4n) is 3.83. The van der Waals surface area contributed by atoms with Crippen molar-refractivity contribution < 1.29 is 9.59 Å². The summed E-state index contributed by atoms with van der Waals surface area (Å²) < 4.78 is 2.23. The molecule has 1 aliphatic rings. The lowest BCUT2D eigenvalue weighted by Crippen LogP contribution is -2.43. The maximum Gasteiger partial charge on any atom is 0.259 e. The SMILES string of the molecule is CC(C)C[C@@H](C(=O)N[C@H](C#N)C[C@@H]1CCNC1=O)n1ccc2ccc(Br)cc2c1=O. The molecule has 2 N–H and O–H groups in total. The highest BCUT2D eigenvalue weighted by Crippen LogP contribution is 2.22. The fourth-order valence-corrected chi connectivity index (χ4v) is 4.19. The molecular weight excluding hydrogens is 448 g/mol. The van der Waals surface area contributed by atoms with Gasteiger partial charge in [0.25, 0.3) is 5.56 Å². The number of fused-ring (bicyclic) bond motifs is 1. The molecule has 0 spiro atoms. The Morgan fingerprint density at radius 1 is 1.37 bits per heavy atom. The highest BCUT2D eigenvalue weighted by molar-refractivity contribution is 9.10. The van der Waals surface area contributed by atoms with E-state index >= 15 is 0 Å². The van der Waals surface area contributed by atoms with Crippen LogP contribution in [-0.4, -0.2) is 29.0 Å². The van der Waals surface area contributed by atoms with Crippen LogP contribution in [0.5, 0.6) is 0 Å². The number of nitriles is 1. The van der Waals surface area contributed by atoms with Gasteiger partial charge in [0.05, 0.1) is 6.07 Å². The van der Waals surface area contributed by atoms with E-state index in [0.717, 1.165) is 9.86 Å². The van der Waals surface area contributed by atoms with Gasteiger partial charge in [-0.2, -0.15) is 5.26 Å². The Hall–Kier alpha value is -2.66. The topological polar surface area (TPSA) is 104 Å². The van der Waals surface area contributed by atoms with Crippen molar-refractivity contribution in [2.75, 3.05) is 6.54 Å². The number of hydrogen-bond donors (Lipinski definition) is 2. The summed E-state index contributed by atoms with van der Waals surface area (Å²) in [5.41, 5.74) is -0.252. The second kappa shape index (κ2) is 9.43. The molecule has 0 saturated carbocycles. The Morgan fingerprint density at radius 2 is 2.13 bits per heavy atom. The summed E-state index contributed by atoms with van der Waals surface area (Å²) in [7, 11) is 0. The molecule has 0 unspecified atom stereocenters.